The molecule has 0 saturated heterocycles. The number of ether oxygens (including phenoxy) is 2. The van der Waals surface area contributed by atoms with Crippen LogP contribution in [0, 0.1) is 5.92 Å². The van der Waals surface area contributed by atoms with E-state index in [0.29, 0.717) is 19.6 Å². The third-order valence-electron chi connectivity index (χ3n) is 4.27. The topological polar surface area (TPSA) is 80.2 Å². The molecule has 0 spiro atoms. The molecule has 0 aromatic heterocycles. The SMILES string of the molecule is CC(=NCCNC(=O)OCc1ccccc1)C(C)CCN(C)C(=O)OC(C)(C)C. The number of aliphatic imine (C=N–C) groups is 1. The van der Waals surface area contributed by atoms with Crippen molar-refractivity contribution in [2.75, 3.05) is 26.7 Å². The fraction of sp³-hybridized carbons (Fsp3) is 0.591. The van der Waals surface area contributed by atoms with Gasteiger partial charge in [0.15, 0.2) is 0 Å². The van der Waals surface area contributed by atoms with E-state index in [4.69, 9.17) is 9.47 Å². The van der Waals surface area contributed by atoms with Crippen LogP contribution in [0.3, 0.4) is 0 Å². The monoisotopic (exact) mass is 405 g/mol. The minimum Gasteiger partial charge on any atom is -0.445 e. The van der Waals surface area contributed by atoms with Gasteiger partial charge in [-0.25, -0.2) is 9.59 Å². The number of rotatable bonds is 9. The summed E-state index contributed by atoms with van der Waals surface area (Å²) in [6.45, 7) is 11.3. The average molecular weight is 406 g/mol. The summed E-state index contributed by atoms with van der Waals surface area (Å²) in [6, 6.07) is 9.53. The zero-order chi connectivity index (χ0) is 21.9. The van der Waals surface area contributed by atoms with Gasteiger partial charge >= 0.3 is 12.2 Å². The van der Waals surface area contributed by atoms with Crippen LogP contribution in [0.2, 0.25) is 0 Å². The van der Waals surface area contributed by atoms with Gasteiger partial charge in [0.2, 0.25) is 0 Å². The molecule has 1 N–H and O–H groups in total. The lowest BCUT2D eigenvalue weighted by Crippen LogP contribution is -2.35. The van der Waals surface area contributed by atoms with Crippen LogP contribution in [-0.4, -0.2) is 55.1 Å². The summed E-state index contributed by atoms with van der Waals surface area (Å²) in [5.41, 5.74) is 1.44. The molecule has 0 bridgehead atoms. The first-order chi connectivity index (χ1) is 13.6. The van der Waals surface area contributed by atoms with E-state index >= 15 is 0 Å². The van der Waals surface area contributed by atoms with E-state index in [1.807, 2.05) is 58.0 Å². The second kappa shape index (κ2) is 12.1. The van der Waals surface area contributed by atoms with Gasteiger partial charge in [0.25, 0.3) is 0 Å². The molecule has 1 rings (SSSR count). The molecule has 1 unspecified atom stereocenters. The molecule has 7 heteroatoms. The summed E-state index contributed by atoms with van der Waals surface area (Å²) < 4.78 is 10.5. The van der Waals surface area contributed by atoms with Gasteiger partial charge in [0.1, 0.15) is 12.2 Å². The van der Waals surface area contributed by atoms with E-state index in [9.17, 15) is 9.59 Å². The van der Waals surface area contributed by atoms with E-state index in [-0.39, 0.29) is 18.6 Å². The van der Waals surface area contributed by atoms with Crippen LogP contribution < -0.4 is 5.32 Å². The molecule has 29 heavy (non-hydrogen) atoms. The van der Waals surface area contributed by atoms with Crippen LogP contribution >= 0.6 is 0 Å². The van der Waals surface area contributed by atoms with Crippen molar-refractivity contribution in [1.29, 1.82) is 0 Å². The molecule has 162 valence electrons. The van der Waals surface area contributed by atoms with Crippen LogP contribution in [0.1, 0.15) is 46.6 Å². The summed E-state index contributed by atoms with van der Waals surface area (Å²) >= 11 is 0. The van der Waals surface area contributed by atoms with Crippen LogP contribution in [0.4, 0.5) is 9.59 Å². The summed E-state index contributed by atoms with van der Waals surface area (Å²) in [4.78, 5) is 29.8. The lowest BCUT2D eigenvalue weighted by molar-refractivity contribution is 0.0294. The van der Waals surface area contributed by atoms with Crippen molar-refractivity contribution in [3.05, 3.63) is 35.9 Å². The third kappa shape index (κ3) is 11.1. The maximum atomic E-state index is 12.0. The van der Waals surface area contributed by atoms with Crippen LogP contribution in [-0.2, 0) is 16.1 Å². The predicted molar refractivity (Wildman–Crippen MR) is 115 cm³/mol. The van der Waals surface area contributed by atoms with Gasteiger partial charge in [0, 0.05) is 25.8 Å². The highest BCUT2D eigenvalue weighted by molar-refractivity contribution is 5.84. The molecule has 0 aliphatic carbocycles. The first-order valence-electron chi connectivity index (χ1n) is 9.98. The van der Waals surface area contributed by atoms with E-state index < -0.39 is 11.7 Å². The maximum Gasteiger partial charge on any atom is 0.410 e. The van der Waals surface area contributed by atoms with Crippen LogP contribution in [0.5, 0.6) is 0 Å². The summed E-state index contributed by atoms with van der Waals surface area (Å²) in [6.07, 6.45) is 0.0173. The number of carbonyl (C=O) groups is 2. The molecule has 0 saturated carbocycles. The highest BCUT2D eigenvalue weighted by Crippen LogP contribution is 2.11. The van der Waals surface area contributed by atoms with Gasteiger partial charge in [-0.05, 0) is 45.6 Å². The van der Waals surface area contributed by atoms with Crippen molar-refractivity contribution >= 4 is 17.9 Å². The molecule has 0 fully saturated rings. The Morgan fingerprint density at radius 2 is 1.86 bits per heavy atom. The molecule has 1 aromatic rings. The smallest absolute Gasteiger partial charge is 0.410 e. The normalized spacial score (nSPS) is 12.8. The number of carbonyl (C=O) groups excluding carboxylic acids is 2. The Morgan fingerprint density at radius 3 is 2.48 bits per heavy atom. The van der Waals surface area contributed by atoms with Crippen molar-refractivity contribution < 1.29 is 19.1 Å². The minimum absolute atomic E-state index is 0.227. The number of nitrogens with zero attached hydrogens (tertiary/aromatic N) is 2. The van der Waals surface area contributed by atoms with E-state index in [1.54, 1.807) is 11.9 Å². The Morgan fingerprint density at radius 1 is 1.21 bits per heavy atom. The first kappa shape index (κ1) is 24.5. The quantitative estimate of drug-likeness (QED) is 0.491. The molecular weight excluding hydrogens is 370 g/mol. The minimum atomic E-state index is -0.496. The maximum absolute atomic E-state index is 12.0. The van der Waals surface area contributed by atoms with Gasteiger partial charge < -0.3 is 19.7 Å². The van der Waals surface area contributed by atoms with Gasteiger partial charge in [-0.2, -0.15) is 0 Å². The summed E-state index contributed by atoms with van der Waals surface area (Å²) in [5.74, 6) is 0.227. The lowest BCUT2D eigenvalue weighted by atomic mass is 10.0. The predicted octanol–water partition coefficient (Wildman–Crippen LogP) is 4.27. The molecule has 1 aromatic carbocycles. The van der Waals surface area contributed by atoms with Gasteiger partial charge in [-0.15, -0.1) is 0 Å². The fourth-order valence-electron chi connectivity index (χ4n) is 2.35. The Balaban J connectivity index is 2.24. The zero-order valence-corrected chi connectivity index (χ0v) is 18.5. The second-order valence-corrected chi connectivity index (χ2v) is 8.10. The van der Waals surface area contributed by atoms with Crippen molar-refractivity contribution in [2.24, 2.45) is 10.9 Å². The lowest BCUT2D eigenvalue weighted by Gasteiger charge is -2.25. The third-order valence-corrected chi connectivity index (χ3v) is 4.27. The molecule has 1 atom stereocenters. The van der Waals surface area contributed by atoms with Crippen molar-refractivity contribution in [3.63, 3.8) is 0 Å². The fourth-order valence-corrected chi connectivity index (χ4v) is 2.35. The Hall–Kier alpha value is -2.57. The Bertz CT molecular complexity index is 668. The molecule has 7 nitrogen and oxygen atoms in total. The number of amides is 2. The van der Waals surface area contributed by atoms with Crippen LogP contribution in [0.15, 0.2) is 35.3 Å². The van der Waals surface area contributed by atoms with Gasteiger partial charge in [-0.1, -0.05) is 37.3 Å². The standard InChI is InChI=1S/C22H35N3O4/c1-17(12-15-25(6)21(27)29-22(3,4)5)18(2)23-13-14-24-20(26)28-16-19-10-8-7-9-11-19/h7-11,17H,12-16H2,1-6H3,(H,24,26). The number of hydrogen-bond acceptors (Lipinski definition) is 5. The summed E-state index contributed by atoms with van der Waals surface area (Å²) in [7, 11) is 1.73. The van der Waals surface area contributed by atoms with E-state index in [0.717, 1.165) is 17.7 Å². The van der Waals surface area contributed by atoms with Gasteiger partial charge in [0.05, 0.1) is 6.54 Å². The number of benzene rings is 1. The molecule has 0 aliphatic rings. The number of nitrogens with one attached hydrogen (secondary N) is 1. The highest BCUT2D eigenvalue weighted by atomic mass is 16.6. The number of alkyl carbamates (subject to hydrolysis) is 1. The zero-order valence-electron chi connectivity index (χ0n) is 18.5. The molecule has 0 aliphatic heterocycles. The molecule has 0 heterocycles. The van der Waals surface area contributed by atoms with E-state index in [2.05, 4.69) is 17.2 Å². The largest absolute Gasteiger partial charge is 0.445 e. The number of hydrogen-bond donors (Lipinski definition) is 1. The Labute approximate surface area is 174 Å². The van der Waals surface area contributed by atoms with Gasteiger partial charge in [-0.3, -0.25) is 4.99 Å². The van der Waals surface area contributed by atoms with E-state index in [1.165, 1.54) is 0 Å². The highest BCUT2D eigenvalue weighted by Gasteiger charge is 2.20. The average Bonchev–Trinajstić information content (AvgIpc) is 2.66. The molecule has 0 radical (unpaired) electrons. The van der Waals surface area contributed by atoms with Crippen molar-refractivity contribution in [2.45, 2.75) is 53.2 Å². The van der Waals surface area contributed by atoms with Crippen LogP contribution in [0.25, 0.3) is 0 Å². The molecular formula is C22H35N3O4. The Kier molecular flexibility index (Phi) is 10.2. The second-order valence-electron chi connectivity index (χ2n) is 8.10. The molecule has 2 amide bonds. The summed E-state index contributed by atoms with van der Waals surface area (Å²) in [5, 5.41) is 2.70. The van der Waals surface area contributed by atoms with Crippen molar-refractivity contribution in [3.8, 4) is 0 Å². The van der Waals surface area contributed by atoms with Crippen molar-refractivity contribution in [1.82, 2.24) is 10.2 Å². The first-order valence-corrected chi connectivity index (χ1v) is 9.98.